The number of sulfonamides is 1. The number of alkyl halides is 1. The van der Waals surface area contributed by atoms with Gasteiger partial charge in [-0.05, 0) is 17.7 Å². The second kappa shape index (κ2) is 7.75. The molecular weight excluding hydrogens is 344 g/mol. The molecule has 7 heteroatoms. The van der Waals surface area contributed by atoms with E-state index < -0.39 is 10.0 Å². The first-order valence-electron chi connectivity index (χ1n) is 6.29. The summed E-state index contributed by atoms with van der Waals surface area (Å²) >= 11 is 3.30. The van der Waals surface area contributed by atoms with E-state index >= 15 is 0 Å². The topological polar surface area (TPSA) is 75.3 Å². The van der Waals surface area contributed by atoms with Gasteiger partial charge in [0.1, 0.15) is 0 Å². The Labute approximate surface area is 128 Å². The lowest BCUT2D eigenvalue weighted by atomic mass is 10.2. The van der Waals surface area contributed by atoms with Gasteiger partial charge in [0, 0.05) is 24.3 Å². The summed E-state index contributed by atoms with van der Waals surface area (Å²) in [5, 5.41) is 3.33. The lowest BCUT2D eigenvalue weighted by Crippen LogP contribution is -2.36. The molecule has 0 bridgehead atoms. The fourth-order valence-electron chi connectivity index (χ4n) is 1.42. The van der Waals surface area contributed by atoms with Crippen molar-refractivity contribution in [2.45, 2.75) is 24.1 Å². The molecule has 0 atom stereocenters. The first kappa shape index (κ1) is 17.1. The molecule has 1 rings (SSSR count). The summed E-state index contributed by atoms with van der Waals surface area (Å²) in [4.78, 5) is 11.5. The van der Waals surface area contributed by atoms with Crippen molar-refractivity contribution < 1.29 is 13.2 Å². The summed E-state index contributed by atoms with van der Waals surface area (Å²) in [6.07, 6.45) is 0. The van der Waals surface area contributed by atoms with Crippen molar-refractivity contribution in [2.24, 2.45) is 5.92 Å². The molecule has 20 heavy (non-hydrogen) atoms. The molecule has 0 saturated carbocycles. The molecule has 5 nitrogen and oxygen atoms in total. The Morgan fingerprint density at radius 2 is 1.80 bits per heavy atom. The quantitative estimate of drug-likeness (QED) is 0.571. The van der Waals surface area contributed by atoms with Crippen LogP contribution in [0.5, 0.6) is 0 Å². The second-order valence-corrected chi connectivity index (χ2v) is 6.95. The molecule has 0 unspecified atom stereocenters. The van der Waals surface area contributed by atoms with Crippen molar-refractivity contribution in [2.75, 3.05) is 13.1 Å². The molecule has 1 aromatic rings. The molecule has 2 N–H and O–H groups in total. The number of carbonyl (C=O) groups is 1. The van der Waals surface area contributed by atoms with Gasteiger partial charge in [0.05, 0.1) is 4.90 Å². The Bertz CT molecular complexity index is 541. The molecule has 112 valence electrons. The van der Waals surface area contributed by atoms with Crippen LogP contribution >= 0.6 is 15.9 Å². The van der Waals surface area contributed by atoms with E-state index in [1.165, 1.54) is 0 Å². The van der Waals surface area contributed by atoms with Gasteiger partial charge in [0.15, 0.2) is 0 Å². The summed E-state index contributed by atoms with van der Waals surface area (Å²) in [5.41, 5.74) is 1.01. The third-order valence-corrected chi connectivity index (χ3v) is 4.75. The molecule has 0 aliphatic carbocycles. The molecule has 0 aromatic heterocycles. The van der Waals surface area contributed by atoms with Crippen LogP contribution in [-0.2, 0) is 20.1 Å². The predicted molar refractivity (Wildman–Crippen MR) is 82.1 cm³/mol. The van der Waals surface area contributed by atoms with Gasteiger partial charge in [-0.15, -0.1) is 0 Å². The number of hydrogen-bond acceptors (Lipinski definition) is 3. The summed E-state index contributed by atoms with van der Waals surface area (Å²) in [7, 11) is -3.52. The normalized spacial score (nSPS) is 11.6. The van der Waals surface area contributed by atoms with Crippen molar-refractivity contribution in [3.63, 3.8) is 0 Å². The summed E-state index contributed by atoms with van der Waals surface area (Å²) in [5.74, 6) is -0.200. The van der Waals surface area contributed by atoms with Crippen molar-refractivity contribution in [1.29, 1.82) is 0 Å². The molecular formula is C13H19BrN2O3S. The molecule has 0 radical (unpaired) electrons. The van der Waals surface area contributed by atoms with Crippen LogP contribution < -0.4 is 10.0 Å². The highest BCUT2D eigenvalue weighted by molar-refractivity contribution is 9.08. The zero-order valence-corrected chi connectivity index (χ0v) is 13.9. The van der Waals surface area contributed by atoms with Gasteiger partial charge >= 0.3 is 0 Å². The van der Waals surface area contributed by atoms with Crippen LogP contribution in [0.15, 0.2) is 29.2 Å². The van der Waals surface area contributed by atoms with E-state index in [1.54, 1.807) is 38.1 Å². The maximum Gasteiger partial charge on any atom is 0.240 e. The minimum atomic E-state index is -3.52. The highest BCUT2D eigenvalue weighted by Gasteiger charge is 2.13. The first-order valence-corrected chi connectivity index (χ1v) is 8.89. The van der Waals surface area contributed by atoms with Crippen LogP contribution in [0.4, 0.5) is 0 Å². The third-order valence-electron chi connectivity index (χ3n) is 2.63. The number of carbonyl (C=O) groups excluding carboxylic acids is 1. The molecule has 0 heterocycles. The Kier molecular flexibility index (Phi) is 6.64. The highest BCUT2D eigenvalue weighted by atomic mass is 79.9. The SMILES string of the molecule is CC(C)C(=O)NCCNS(=O)(=O)c1ccc(CBr)cc1. The van der Waals surface area contributed by atoms with E-state index in [4.69, 9.17) is 0 Å². The molecule has 0 aliphatic heterocycles. The third kappa shape index (κ3) is 5.22. The lowest BCUT2D eigenvalue weighted by Gasteiger charge is -2.09. The summed E-state index contributed by atoms with van der Waals surface area (Å²) < 4.78 is 26.4. The van der Waals surface area contributed by atoms with Crippen LogP contribution in [0.2, 0.25) is 0 Å². The summed E-state index contributed by atoms with van der Waals surface area (Å²) in [6, 6.07) is 6.63. The fraction of sp³-hybridized carbons (Fsp3) is 0.462. The maximum absolute atomic E-state index is 12.0. The Balaban J connectivity index is 2.51. The van der Waals surface area contributed by atoms with Crippen LogP contribution in [0, 0.1) is 5.92 Å². The molecule has 0 aliphatic rings. The molecule has 0 saturated heterocycles. The van der Waals surface area contributed by atoms with E-state index in [9.17, 15) is 13.2 Å². The Morgan fingerprint density at radius 1 is 1.20 bits per heavy atom. The van der Waals surface area contributed by atoms with Crippen LogP contribution in [0.25, 0.3) is 0 Å². The van der Waals surface area contributed by atoms with Crippen LogP contribution in [0.1, 0.15) is 19.4 Å². The van der Waals surface area contributed by atoms with Gasteiger partial charge in [-0.3, -0.25) is 4.79 Å². The molecule has 1 amide bonds. The van der Waals surface area contributed by atoms with E-state index in [2.05, 4.69) is 26.0 Å². The fourth-order valence-corrected chi connectivity index (χ4v) is 2.82. The number of rotatable bonds is 7. The van der Waals surface area contributed by atoms with Crippen LogP contribution in [-0.4, -0.2) is 27.4 Å². The Hall–Kier alpha value is -0.920. The number of amides is 1. The van der Waals surface area contributed by atoms with Crippen molar-refractivity contribution in [3.8, 4) is 0 Å². The predicted octanol–water partition coefficient (Wildman–Crippen LogP) is 1.63. The number of benzene rings is 1. The van der Waals surface area contributed by atoms with Gasteiger partial charge in [0.2, 0.25) is 15.9 Å². The van der Waals surface area contributed by atoms with Crippen molar-refractivity contribution in [1.82, 2.24) is 10.0 Å². The lowest BCUT2D eigenvalue weighted by molar-refractivity contribution is -0.123. The van der Waals surface area contributed by atoms with E-state index in [-0.39, 0.29) is 29.8 Å². The zero-order chi connectivity index (χ0) is 15.2. The summed E-state index contributed by atoms with van der Waals surface area (Å²) in [6.45, 7) is 4.01. The van der Waals surface area contributed by atoms with E-state index in [1.807, 2.05) is 0 Å². The van der Waals surface area contributed by atoms with Gasteiger partial charge in [-0.25, -0.2) is 13.1 Å². The van der Waals surface area contributed by atoms with Crippen molar-refractivity contribution >= 4 is 31.9 Å². The first-order chi connectivity index (χ1) is 9.36. The zero-order valence-electron chi connectivity index (χ0n) is 11.5. The van der Waals surface area contributed by atoms with Gasteiger partial charge in [-0.2, -0.15) is 0 Å². The van der Waals surface area contributed by atoms with Gasteiger partial charge < -0.3 is 5.32 Å². The van der Waals surface area contributed by atoms with Gasteiger partial charge in [0.25, 0.3) is 0 Å². The Morgan fingerprint density at radius 3 is 2.30 bits per heavy atom. The average molecular weight is 363 g/mol. The largest absolute Gasteiger partial charge is 0.355 e. The standard InChI is InChI=1S/C13H19BrN2O3S/c1-10(2)13(17)15-7-8-16-20(18,19)12-5-3-11(9-14)4-6-12/h3-6,10,16H,7-9H2,1-2H3,(H,15,17). The van der Waals surface area contributed by atoms with E-state index in [0.29, 0.717) is 5.33 Å². The van der Waals surface area contributed by atoms with Crippen LogP contribution in [0.3, 0.4) is 0 Å². The minimum Gasteiger partial charge on any atom is -0.355 e. The second-order valence-electron chi connectivity index (χ2n) is 4.62. The monoisotopic (exact) mass is 362 g/mol. The molecule has 0 spiro atoms. The molecule has 0 fully saturated rings. The maximum atomic E-state index is 12.0. The number of halogens is 1. The highest BCUT2D eigenvalue weighted by Crippen LogP contribution is 2.12. The molecule has 1 aromatic carbocycles. The average Bonchev–Trinajstić information content (AvgIpc) is 2.43. The number of nitrogens with one attached hydrogen (secondary N) is 2. The smallest absolute Gasteiger partial charge is 0.240 e. The van der Waals surface area contributed by atoms with E-state index in [0.717, 1.165) is 5.56 Å². The number of hydrogen-bond donors (Lipinski definition) is 2. The minimum absolute atomic E-state index is 0.0918. The van der Waals surface area contributed by atoms with Crippen molar-refractivity contribution in [3.05, 3.63) is 29.8 Å². The van der Waals surface area contributed by atoms with Gasteiger partial charge in [-0.1, -0.05) is 41.9 Å².